The first-order valence-electron chi connectivity index (χ1n) is 3.69. The number of pyridine rings is 1. The molecule has 0 aliphatic heterocycles. The zero-order valence-corrected chi connectivity index (χ0v) is 9.43. The Hall–Kier alpha value is -0.160. The Kier molecular flexibility index (Phi) is 3.29. The van der Waals surface area contributed by atoms with E-state index in [1.807, 2.05) is 0 Å². The fourth-order valence-corrected chi connectivity index (χ4v) is 1.79. The molecule has 0 saturated heterocycles. The number of aliphatic hydroxyl groups is 1. The second kappa shape index (κ2) is 3.92. The molecule has 1 aromatic heterocycles. The highest BCUT2D eigenvalue weighted by atomic mass is 79.9. The van der Waals surface area contributed by atoms with Crippen molar-refractivity contribution in [2.75, 3.05) is 6.61 Å². The van der Waals surface area contributed by atoms with Crippen molar-refractivity contribution in [1.82, 2.24) is 4.98 Å². The Balaban J connectivity index is 3.22. The van der Waals surface area contributed by atoms with Crippen molar-refractivity contribution in [1.29, 1.82) is 0 Å². The fraction of sp³-hybridized carbons (Fsp3) is 0.375. The van der Waals surface area contributed by atoms with Crippen molar-refractivity contribution in [2.24, 2.45) is 5.73 Å². The number of nitrogens with two attached hydrogens (primary N) is 1. The van der Waals surface area contributed by atoms with Gasteiger partial charge in [-0.2, -0.15) is 0 Å². The van der Waals surface area contributed by atoms with Gasteiger partial charge in [0.2, 0.25) is 0 Å². The van der Waals surface area contributed by atoms with E-state index in [-0.39, 0.29) is 6.61 Å². The van der Waals surface area contributed by atoms with E-state index in [4.69, 9.17) is 22.4 Å². The van der Waals surface area contributed by atoms with Crippen molar-refractivity contribution in [2.45, 2.75) is 12.5 Å². The molecule has 0 aromatic carbocycles. The highest BCUT2D eigenvalue weighted by Crippen LogP contribution is 2.30. The Morgan fingerprint density at radius 1 is 1.77 bits per heavy atom. The first-order valence-corrected chi connectivity index (χ1v) is 4.86. The van der Waals surface area contributed by atoms with Crippen molar-refractivity contribution in [3.05, 3.63) is 27.5 Å². The number of halogens is 2. The van der Waals surface area contributed by atoms with Gasteiger partial charge in [-0.15, -0.1) is 0 Å². The van der Waals surface area contributed by atoms with Crippen LogP contribution in [0, 0.1) is 0 Å². The van der Waals surface area contributed by atoms with Gasteiger partial charge in [0.05, 0.1) is 16.6 Å². The second-order valence-corrected chi connectivity index (χ2v) is 4.19. The van der Waals surface area contributed by atoms with Gasteiger partial charge < -0.3 is 10.8 Å². The molecule has 0 bridgehead atoms. The van der Waals surface area contributed by atoms with Crippen molar-refractivity contribution in [3.63, 3.8) is 0 Å². The van der Waals surface area contributed by atoms with Crippen LogP contribution in [0.3, 0.4) is 0 Å². The van der Waals surface area contributed by atoms with Crippen LogP contribution in [-0.4, -0.2) is 16.7 Å². The van der Waals surface area contributed by atoms with E-state index in [1.54, 1.807) is 19.2 Å². The topological polar surface area (TPSA) is 59.1 Å². The Morgan fingerprint density at radius 2 is 2.38 bits per heavy atom. The Labute approximate surface area is 90.1 Å². The van der Waals surface area contributed by atoms with E-state index in [1.165, 1.54) is 0 Å². The van der Waals surface area contributed by atoms with Gasteiger partial charge in [-0.05, 0) is 34.5 Å². The maximum absolute atomic E-state index is 9.05. The number of hydrogen-bond acceptors (Lipinski definition) is 3. The largest absolute Gasteiger partial charge is 0.394 e. The molecule has 0 amide bonds. The van der Waals surface area contributed by atoms with Gasteiger partial charge in [0.15, 0.2) is 0 Å². The van der Waals surface area contributed by atoms with Crippen LogP contribution in [0.2, 0.25) is 5.15 Å². The average Bonchev–Trinajstić information content (AvgIpc) is 2.09. The summed E-state index contributed by atoms with van der Waals surface area (Å²) >= 11 is 9.05. The first-order chi connectivity index (χ1) is 5.99. The average molecular weight is 266 g/mol. The quantitative estimate of drug-likeness (QED) is 0.800. The monoisotopic (exact) mass is 264 g/mol. The lowest BCUT2D eigenvalue weighted by atomic mass is 9.95. The predicted molar refractivity (Wildman–Crippen MR) is 55.6 cm³/mol. The maximum Gasteiger partial charge on any atom is 0.143 e. The van der Waals surface area contributed by atoms with Crippen molar-refractivity contribution in [3.8, 4) is 0 Å². The molecule has 0 spiro atoms. The van der Waals surface area contributed by atoms with Gasteiger partial charge in [-0.25, -0.2) is 4.98 Å². The molecule has 0 fully saturated rings. The number of hydrogen-bond donors (Lipinski definition) is 2. The van der Waals surface area contributed by atoms with Gasteiger partial charge in [0.1, 0.15) is 5.15 Å². The van der Waals surface area contributed by atoms with E-state index in [9.17, 15) is 0 Å². The lowest BCUT2D eigenvalue weighted by Crippen LogP contribution is -2.37. The highest BCUT2D eigenvalue weighted by molar-refractivity contribution is 9.10. The summed E-state index contributed by atoms with van der Waals surface area (Å²) in [6, 6.07) is 1.73. The Morgan fingerprint density at radius 3 is 2.92 bits per heavy atom. The molecule has 3 N–H and O–H groups in total. The van der Waals surface area contributed by atoms with Gasteiger partial charge in [0.25, 0.3) is 0 Å². The summed E-state index contributed by atoms with van der Waals surface area (Å²) in [5.41, 5.74) is 5.79. The zero-order valence-electron chi connectivity index (χ0n) is 7.09. The van der Waals surface area contributed by atoms with E-state index in [2.05, 4.69) is 20.9 Å². The molecule has 0 saturated carbocycles. The smallest absolute Gasteiger partial charge is 0.143 e. The summed E-state index contributed by atoms with van der Waals surface area (Å²) < 4.78 is 0.635. The van der Waals surface area contributed by atoms with Crippen LogP contribution in [0.1, 0.15) is 12.5 Å². The minimum atomic E-state index is -0.800. The van der Waals surface area contributed by atoms with Crippen LogP contribution in [0.15, 0.2) is 16.7 Å². The number of aromatic nitrogens is 1. The fourth-order valence-electron chi connectivity index (χ4n) is 0.944. The van der Waals surface area contributed by atoms with Crippen LogP contribution in [0.5, 0.6) is 0 Å². The molecule has 1 heterocycles. The maximum atomic E-state index is 9.05. The summed E-state index contributed by atoms with van der Waals surface area (Å²) in [6.07, 6.45) is 1.56. The highest BCUT2D eigenvalue weighted by Gasteiger charge is 2.23. The molecular formula is C8H10BrClN2O. The number of rotatable bonds is 2. The third-order valence-corrected chi connectivity index (χ3v) is 3.11. The summed E-state index contributed by atoms with van der Waals surface area (Å²) in [7, 11) is 0. The van der Waals surface area contributed by atoms with Gasteiger partial charge in [0, 0.05) is 6.20 Å². The van der Waals surface area contributed by atoms with E-state index >= 15 is 0 Å². The molecule has 1 unspecified atom stereocenters. The third kappa shape index (κ3) is 2.20. The molecule has 5 heteroatoms. The second-order valence-electron chi connectivity index (χ2n) is 3.04. The number of nitrogens with zero attached hydrogens (tertiary/aromatic N) is 1. The molecule has 72 valence electrons. The van der Waals surface area contributed by atoms with E-state index in [0.717, 1.165) is 5.56 Å². The minimum Gasteiger partial charge on any atom is -0.394 e. The zero-order chi connectivity index (χ0) is 10.1. The van der Waals surface area contributed by atoms with Crippen LogP contribution < -0.4 is 5.73 Å². The standard InChI is InChI=1S/C8H10BrClN2O/c1-8(11,4-13)5-2-3-12-7(10)6(5)9/h2-3,13H,4,11H2,1H3. The van der Waals surface area contributed by atoms with Gasteiger partial charge >= 0.3 is 0 Å². The summed E-state index contributed by atoms with van der Waals surface area (Å²) in [5, 5.41) is 9.40. The molecule has 0 aliphatic rings. The molecule has 1 aromatic rings. The van der Waals surface area contributed by atoms with Crippen LogP contribution in [-0.2, 0) is 5.54 Å². The van der Waals surface area contributed by atoms with Crippen molar-refractivity contribution < 1.29 is 5.11 Å². The van der Waals surface area contributed by atoms with E-state index < -0.39 is 5.54 Å². The molecule has 0 radical (unpaired) electrons. The lowest BCUT2D eigenvalue weighted by Gasteiger charge is -2.23. The normalized spacial score (nSPS) is 15.5. The first kappa shape index (κ1) is 10.9. The molecule has 13 heavy (non-hydrogen) atoms. The summed E-state index contributed by atoms with van der Waals surface area (Å²) in [4.78, 5) is 3.87. The molecule has 3 nitrogen and oxygen atoms in total. The predicted octanol–water partition coefficient (Wildman–Crippen LogP) is 1.66. The van der Waals surface area contributed by atoms with Gasteiger partial charge in [-0.1, -0.05) is 11.6 Å². The Bertz CT molecular complexity index is 317. The molecule has 1 atom stereocenters. The van der Waals surface area contributed by atoms with Crippen LogP contribution >= 0.6 is 27.5 Å². The summed E-state index contributed by atoms with van der Waals surface area (Å²) in [6.45, 7) is 1.58. The van der Waals surface area contributed by atoms with Crippen LogP contribution in [0.25, 0.3) is 0 Å². The number of aliphatic hydroxyl groups excluding tert-OH is 1. The summed E-state index contributed by atoms with van der Waals surface area (Å²) in [5.74, 6) is 0. The third-order valence-electron chi connectivity index (χ3n) is 1.79. The SMILES string of the molecule is CC(N)(CO)c1ccnc(Cl)c1Br. The minimum absolute atomic E-state index is 0.147. The molecule has 0 aliphatic carbocycles. The van der Waals surface area contributed by atoms with Gasteiger partial charge in [-0.3, -0.25) is 0 Å². The van der Waals surface area contributed by atoms with E-state index in [0.29, 0.717) is 9.63 Å². The van der Waals surface area contributed by atoms with Crippen molar-refractivity contribution >= 4 is 27.5 Å². The lowest BCUT2D eigenvalue weighted by molar-refractivity contribution is 0.209. The molecular weight excluding hydrogens is 255 g/mol. The van der Waals surface area contributed by atoms with Crippen LogP contribution in [0.4, 0.5) is 0 Å². The molecule has 1 rings (SSSR count).